The number of ether oxygens (including phenoxy) is 1. The Balaban J connectivity index is 1.44. The molecule has 0 saturated heterocycles. The fraction of sp³-hybridized carbons (Fsp3) is 0.174. The van der Waals surface area contributed by atoms with Crippen LogP contribution in [-0.2, 0) is 0 Å². The maximum Gasteiger partial charge on any atom is 0.289 e. The van der Waals surface area contributed by atoms with Crippen molar-refractivity contribution in [1.29, 1.82) is 0 Å². The molecule has 0 aliphatic rings. The Morgan fingerprint density at radius 3 is 2.93 bits per heavy atom. The number of carbonyl (C=O) groups excluding carboxylic acids is 1. The van der Waals surface area contributed by atoms with E-state index < -0.39 is 0 Å². The summed E-state index contributed by atoms with van der Waals surface area (Å²) in [6, 6.07) is 17.3. The van der Waals surface area contributed by atoms with Crippen molar-refractivity contribution in [2.75, 3.05) is 6.61 Å². The van der Waals surface area contributed by atoms with Crippen molar-refractivity contribution in [2.24, 2.45) is 5.10 Å². The lowest BCUT2D eigenvalue weighted by Gasteiger charge is -2.09. The second kappa shape index (κ2) is 9.09. The summed E-state index contributed by atoms with van der Waals surface area (Å²) in [4.78, 5) is 15.6. The van der Waals surface area contributed by atoms with Crippen molar-refractivity contribution in [3.63, 3.8) is 0 Å². The van der Waals surface area contributed by atoms with Crippen molar-refractivity contribution in [2.45, 2.75) is 19.8 Å². The first-order valence-electron chi connectivity index (χ1n) is 9.93. The van der Waals surface area contributed by atoms with E-state index in [4.69, 9.17) is 4.74 Å². The molecule has 0 bridgehead atoms. The van der Waals surface area contributed by atoms with Gasteiger partial charge in [0.15, 0.2) is 0 Å². The molecule has 0 aliphatic carbocycles. The molecule has 2 aromatic heterocycles. The van der Waals surface area contributed by atoms with Crippen LogP contribution in [0.25, 0.3) is 22.2 Å². The van der Waals surface area contributed by atoms with Crippen LogP contribution in [0.15, 0.2) is 65.9 Å². The number of benzene rings is 2. The Bertz CT molecular complexity index is 1180. The largest absolute Gasteiger partial charge is 0.493 e. The molecule has 4 aromatic rings. The minimum Gasteiger partial charge on any atom is -0.493 e. The van der Waals surface area contributed by atoms with Crippen molar-refractivity contribution in [1.82, 2.24) is 20.6 Å². The second-order valence-electron chi connectivity index (χ2n) is 6.85. The van der Waals surface area contributed by atoms with E-state index in [1.807, 2.05) is 54.7 Å². The zero-order valence-corrected chi connectivity index (χ0v) is 16.7. The number of hydrogen-bond acceptors (Lipinski definition) is 4. The first-order valence-corrected chi connectivity index (χ1v) is 9.93. The van der Waals surface area contributed by atoms with Crippen LogP contribution in [0.1, 0.15) is 35.8 Å². The summed E-state index contributed by atoms with van der Waals surface area (Å²) >= 11 is 0. The fourth-order valence-corrected chi connectivity index (χ4v) is 3.13. The molecule has 0 unspecified atom stereocenters. The van der Waals surface area contributed by atoms with Crippen LogP contribution >= 0.6 is 0 Å². The number of hydrazone groups is 1. The Labute approximate surface area is 174 Å². The van der Waals surface area contributed by atoms with Crippen LogP contribution in [0.5, 0.6) is 5.75 Å². The molecule has 0 atom stereocenters. The van der Waals surface area contributed by atoms with Crippen LogP contribution in [0, 0.1) is 0 Å². The third kappa shape index (κ3) is 4.25. The van der Waals surface area contributed by atoms with Crippen molar-refractivity contribution in [3.8, 4) is 17.0 Å². The van der Waals surface area contributed by atoms with Crippen molar-refractivity contribution < 1.29 is 9.53 Å². The normalized spacial score (nSPS) is 11.2. The van der Waals surface area contributed by atoms with Crippen LogP contribution in [0.3, 0.4) is 0 Å². The van der Waals surface area contributed by atoms with E-state index in [1.165, 1.54) is 0 Å². The molecule has 7 heteroatoms. The predicted octanol–water partition coefficient (Wildman–Crippen LogP) is 4.50. The van der Waals surface area contributed by atoms with Crippen molar-refractivity contribution in [3.05, 3.63) is 72.1 Å². The summed E-state index contributed by atoms with van der Waals surface area (Å²) in [7, 11) is 0. The highest BCUT2D eigenvalue weighted by atomic mass is 16.5. The van der Waals surface area contributed by atoms with Crippen LogP contribution in [0.2, 0.25) is 0 Å². The average molecular weight is 401 g/mol. The summed E-state index contributed by atoms with van der Waals surface area (Å²) in [5, 5.41) is 12.2. The summed E-state index contributed by atoms with van der Waals surface area (Å²) in [6.45, 7) is 2.77. The molecule has 0 radical (unpaired) electrons. The standard InChI is InChI=1S/C23H23N5O2/c1-2-3-12-30-22-11-7-5-9-18(22)20-13-21(27-26-20)23(29)28-25-15-16-14-24-19-10-6-4-8-17(16)19/h4-11,13-15,24H,2-3,12H2,1H3,(H,26,27)(H,28,29). The molecule has 3 N–H and O–H groups in total. The molecule has 7 nitrogen and oxygen atoms in total. The minimum atomic E-state index is -0.366. The third-order valence-electron chi connectivity index (χ3n) is 4.73. The number of amides is 1. The summed E-state index contributed by atoms with van der Waals surface area (Å²) in [6.07, 6.45) is 5.51. The third-order valence-corrected chi connectivity index (χ3v) is 4.73. The minimum absolute atomic E-state index is 0.324. The van der Waals surface area contributed by atoms with Gasteiger partial charge in [0.25, 0.3) is 5.91 Å². The lowest BCUT2D eigenvalue weighted by molar-refractivity contribution is 0.0950. The molecule has 0 spiro atoms. The molecule has 2 aromatic carbocycles. The number of aromatic nitrogens is 3. The second-order valence-corrected chi connectivity index (χ2v) is 6.85. The van der Waals surface area contributed by atoms with E-state index in [0.29, 0.717) is 18.0 Å². The first kappa shape index (κ1) is 19.4. The molecule has 0 saturated carbocycles. The van der Waals surface area contributed by atoms with Gasteiger partial charge >= 0.3 is 0 Å². The van der Waals surface area contributed by atoms with Gasteiger partial charge in [0.1, 0.15) is 11.4 Å². The highest BCUT2D eigenvalue weighted by molar-refractivity contribution is 6.00. The first-order chi connectivity index (χ1) is 14.8. The number of unbranched alkanes of at least 4 members (excludes halogenated alkanes) is 1. The Kier molecular flexibility index (Phi) is 5.89. The van der Waals surface area contributed by atoms with E-state index in [0.717, 1.165) is 40.6 Å². The van der Waals surface area contributed by atoms with E-state index in [2.05, 4.69) is 32.6 Å². The van der Waals surface area contributed by atoms with Gasteiger partial charge in [-0.15, -0.1) is 0 Å². The highest BCUT2D eigenvalue weighted by Gasteiger charge is 2.13. The SMILES string of the molecule is CCCCOc1ccccc1-c1cc(C(=O)NN=Cc2c[nH]c3ccccc23)[nH]n1. The molecular formula is C23H23N5O2. The number of aromatic amines is 2. The molecule has 30 heavy (non-hydrogen) atoms. The van der Waals surface area contributed by atoms with Gasteiger partial charge in [-0.2, -0.15) is 10.2 Å². The van der Waals surface area contributed by atoms with Gasteiger partial charge in [-0.05, 0) is 30.7 Å². The van der Waals surface area contributed by atoms with E-state index in [1.54, 1.807) is 12.3 Å². The number of H-pyrrole nitrogens is 2. The Morgan fingerprint density at radius 1 is 1.20 bits per heavy atom. The van der Waals surface area contributed by atoms with E-state index >= 15 is 0 Å². The van der Waals surface area contributed by atoms with Gasteiger partial charge in [0.2, 0.25) is 0 Å². The number of hydrogen-bond donors (Lipinski definition) is 3. The molecule has 2 heterocycles. The Morgan fingerprint density at radius 2 is 2.03 bits per heavy atom. The van der Waals surface area contributed by atoms with E-state index in [-0.39, 0.29) is 5.91 Å². The molecule has 0 aliphatic heterocycles. The molecule has 152 valence electrons. The average Bonchev–Trinajstić information content (AvgIpc) is 3.42. The predicted molar refractivity (Wildman–Crippen MR) is 118 cm³/mol. The number of para-hydroxylation sites is 2. The monoisotopic (exact) mass is 401 g/mol. The van der Waals surface area contributed by atoms with Crippen LogP contribution in [-0.4, -0.2) is 33.9 Å². The van der Waals surface area contributed by atoms with Gasteiger partial charge in [-0.3, -0.25) is 9.89 Å². The van der Waals surface area contributed by atoms with Gasteiger partial charge in [0, 0.05) is 28.2 Å². The zero-order chi connectivity index (χ0) is 20.8. The molecule has 0 fully saturated rings. The molecular weight excluding hydrogens is 378 g/mol. The lowest BCUT2D eigenvalue weighted by Crippen LogP contribution is -2.17. The number of fused-ring (bicyclic) bond motifs is 1. The number of carbonyl (C=O) groups is 1. The van der Waals surface area contributed by atoms with Gasteiger partial charge in [-0.25, -0.2) is 5.43 Å². The lowest BCUT2D eigenvalue weighted by atomic mass is 10.1. The van der Waals surface area contributed by atoms with E-state index in [9.17, 15) is 4.79 Å². The van der Waals surface area contributed by atoms with Crippen molar-refractivity contribution >= 4 is 23.0 Å². The van der Waals surface area contributed by atoms with Gasteiger partial charge < -0.3 is 9.72 Å². The Hall–Kier alpha value is -3.87. The summed E-state index contributed by atoms with van der Waals surface area (Å²) in [5.41, 5.74) is 6.26. The highest BCUT2D eigenvalue weighted by Crippen LogP contribution is 2.29. The van der Waals surface area contributed by atoms with Gasteiger partial charge in [0.05, 0.1) is 18.5 Å². The topological polar surface area (TPSA) is 95.2 Å². The molecule has 1 amide bonds. The number of nitrogens with one attached hydrogen (secondary N) is 3. The maximum atomic E-state index is 12.4. The van der Waals surface area contributed by atoms with Crippen LogP contribution in [0.4, 0.5) is 0 Å². The fourth-order valence-electron chi connectivity index (χ4n) is 3.13. The smallest absolute Gasteiger partial charge is 0.289 e. The summed E-state index contributed by atoms with van der Waals surface area (Å²) in [5.74, 6) is 0.385. The zero-order valence-electron chi connectivity index (χ0n) is 16.7. The van der Waals surface area contributed by atoms with Crippen LogP contribution < -0.4 is 10.2 Å². The van der Waals surface area contributed by atoms with Gasteiger partial charge in [-0.1, -0.05) is 43.7 Å². The number of nitrogens with zero attached hydrogens (tertiary/aromatic N) is 2. The molecule has 4 rings (SSSR count). The maximum absolute atomic E-state index is 12.4. The summed E-state index contributed by atoms with van der Waals surface area (Å²) < 4.78 is 5.86. The number of rotatable bonds is 8. The quantitative estimate of drug-likeness (QED) is 0.230.